The van der Waals surface area contributed by atoms with Crippen molar-refractivity contribution in [2.75, 3.05) is 20.2 Å². The van der Waals surface area contributed by atoms with Gasteiger partial charge in [0.2, 0.25) is 0 Å². The Hall–Kier alpha value is -0.630. The summed E-state index contributed by atoms with van der Waals surface area (Å²) in [6.45, 7) is 1.07. The van der Waals surface area contributed by atoms with E-state index >= 15 is 0 Å². The van der Waals surface area contributed by atoms with Gasteiger partial charge in [-0.15, -0.1) is 11.3 Å². The van der Waals surface area contributed by atoms with Gasteiger partial charge in [0, 0.05) is 19.1 Å². The van der Waals surface area contributed by atoms with Crippen LogP contribution in [0.25, 0.3) is 0 Å². The van der Waals surface area contributed by atoms with Crippen molar-refractivity contribution in [2.24, 2.45) is 0 Å². The Bertz CT molecular complexity index is 520. The van der Waals surface area contributed by atoms with E-state index in [0.29, 0.717) is 24.9 Å². The molecule has 2 N–H and O–H groups in total. The Kier molecular flexibility index (Phi) is 6.47. The van der Waals surface area contributed by atoms with E-state index in [1.165, 1.54) is 57.0 Å². The third-order valence-electron chi connectivity index (χ3n) is 3.76. The van der Waals surface area contributed by atoms with Gasteiger partial charge in [0.15, 0.2) is 4.21 Å². The van der Waals surface area contributed by atoms with Gasteiger partial charge in [-0.25, -0.2) is 13.1 Å². The molecule has 1 heterocycles. The first-order valence-electron chi connectivity index (χ1n) is 7.48. The van der Waals surface area contributed by atoms with Crippen molar-refractivity contribution in [1.82, 2.24) is 10.0 Å². The van der Waals surface area contributed by atoms with Crippen LogP contribution in [0.4, 0.5) is 0 Å². The Morgan fingerprint density at radius 3 is 2.62 bits per heavy atom. The normalized spacial score (nSPS) is 17.6. The SMILES string of the molecule is COc1ccsc1S(=O)(=O)NCCNC1CCCCCC1. The van der Waals surface area contributed by atoms with Gasteiger partial charge in [-0.3, -0.25) is 0 Å². The highest BCUT2D eigenvalue weighted by atomic mass is 32.2. The monoisotopic (exact) mass is 332 g/mol. The van der Waals surface area contributed by atoms with Gasteiger partial charge in [-0.2, -0.15) is 0 Å². The molecule has 1 aliphatic rings. The summed E-state index contributed by atoms with van der Waals surface area (Å²) in [7, 11) is -1.99. The molecule has 5 nitrogen and oxygen atoms in total. The number of sulfonamides is 1. The standard InChI is InChI=1S/C14H24N2O3S2/c1-19-13-8-11-20-14(13)21(17,18)16-10-9-15-12-6-4-2-3-5-7-12/h8,11-12,15-16H,2-7,9-10H2,1H3. The molecule has 0 aliphatic heterocycles. The molecule has 7 heteroatoms. The minimum Gasteiger partial charge on any atom is -0.494 e. The molecule has 0 aromatic carbocycles. The summed E-state index contributed by atoms with van der Waals surface area (Å²) in [6.07, 6.45) is 7.59. The van der Waals surface area contributed by atoms with Gasteiger partial charge < -0.3 is 10.1 Å². The van der Waals surface area contributed by atoms with E-state index in [-0.39, 0.29) is 4.21 Å². The molecule has 0 unspecified atom stereocenters. The summed E-state index contributed by atoms with van der Waals surface area (Å²) in [6, 6.07) is 2.21. The molecule has 1 fully saturated rings. The molecule has 1 aromatic rings. The summed E-state index contributed by atoms with van der Waals surface area (Å²) in [5, 5.41) is 5.17. The molecule has 0 radical (unpaired) electrons. The zero-order chi connectivity index (χ0) is 15.1. The van der Waals surface area contributed by atoms with Gasteiger partial charge in [0.05, 0.1) is 7.11 Å². The van der Waals surface area contributed by atoms with Crippen LogP contribution in [0.1, 0.15) is 38.5 Å². The highest BCUT2D eigenvalue weighted by Gasteiger charge is 2.20. The molecule has 0 spiro atoms. The predicted molar refractivity (Wildman–Crippen MR) is 85.6 cm³/mol. The van der Waals surface area contributed by atoms with Crippen LogP contribution in [0.3, 0.4) is 0 Å². The molecule has 0 amide bonds. The van der Waals surface area contributed by atoms with Crippen molar-refractivity contribution in [3.8, 4) is 5.75 Å². The highest BCUT2D eigenvalue weighted by Crippen LogP contribution is 2.28. The number of rotatable bonds is 7. The summed E-state index contributed by atoms with van der Waals surface area (Å²) in [5.74, 6) is 0.407. The molecular formula is C14H24N2O3S2. The molecule has 1 saturated carbocycles. The Balaban J connectivity index is 1.77. The first-order chi connectivity index (χ1) is 10.1. The van der Waals surface area contributed by atoms with Crippen LogP contribution in [0.2, 0.25) is 0 Å². The van der Waals surface area contributed by atoms with Crippen LogP contribution in [0.5, 0.6) is 5.75 Å². The molecule has 0 atom stereocenters. The van der Waals surface area contributed by atoms with Crippen molar-refractivity contribution in [3.05, 3.63) is 11.4 Å². The van der Waals surface area contributed by atoms with Gasteiger partial charge in [0.25, 0.3) is 10.0 Å². The lowest BCUT2D eigenvalue weighted by Gasteiger charge is -2.16. The molecule has 0 saturated heterocycles. The highest BCUT2D eigenvalue weighted by molar-refractivity contribution is 7.91. The Labute approximate surface area is 131 Å². The van der Waals surface area contributed by atoms with Gasteiger partial charge >= 0.3 is 0 Å². The summed E-state index contributed by atoms with van der Waals surface area (Å²) >= 11 is 1.17. The maximum atomic E-state index is 12.2. The lowest BCUT2D eigenvalue weighted by Crippen LogP contribution is -2.36. The van der Waals surface area contributed by atoms with Gasteiger partial charge in [-0.1, -0.05) is 25.7 Å². The lowest BCUT2D eigenvalue weighted by atomic mass is 10.1. The lowest BCUT2D eigenvalue weighted by molar-refractivity contribution is 0.406. The number of ether oxygens (including phenoxy) is 1. The zero-order valence-corrected chi connectivity index (χ0v) is 14.1. The minimum atomic E-state index is -3.47. The van der Waals surface area contributed by atoms with Crippen LogP contribution in [0.15, 0.2) is 15.7 Å². The van der Waals surface area contributed by atoms with Crippen LogP contribution in [-0.4, -0.2) is 34.7 Å². The average Bonchev–Trinajstić information content (AvgIpc) is 2.81. The number of hydrogen-bond acceptors (Lipinski definition) is 5. The molecule has 21 heavy (non-hydrogen) atoms. The second-order valence-corrected chi connectivity index (χ2v) is 8.20. The van der Waals surface area contributed by atoms with Crippen molar-refractivity contribution in [3.63, 3.8) is 0 Å². The van der Waals surface area contributed by atoms with Crippen LogP contribution in [-0.2, 0) is 10.0 Å². The number of thiophene rings is 1. The molecular weight excluding hydrogens is 308 g/mol. The third kappa shape index (κ3) is 4.95. The summed E-state index contributed by atoms with van der Waals surface area (Å²) in [5.41, 5.74) is 0. The number of hydrogen-bond donors (Lipinski definition) is 2. The summed E-state index contributed by atoms with van der Waals surface area (Å²) in [4.78, 5) is 0. The van der Waals surface area contributed by atoms with Gasteiger partial charge in [0.1, 0.15) is 5.75 Å². The van der Waals surface area contributed by atoms with Crippen molar-refractivity contribution >= 4 is 21.4 Å². The molecule has 1 aromatic heterocycles. The quantitative estimate of drug-likeness (QED) is 0.594. The van der Waals surface area contributed by atoms with Crippen molar-refractivity contribution in [2.45, 2.75) is 48.8 Å². The van der Waals surface area contributed by atoms with E-state index in [4.69, 9.17) is 4.74 Å². The van der Waals surface area contributed by atoms with E-state index in [1.54, 1.807) is 11.4 Å². The molecule has 1 aliphatic carbocycles. The van der Waals surface area contributed by atoms with Crippen molar-refractivity contribution in [1.29, 1.82) is 0 Å². The van der Waals surface area contributed by atoms with Crippen LogP contribution >= 0.6 is 11.3 Å². The van der Waals surface area contributed by atoms with Crippen LogP contribution in [0, 0.1) is 0 Å². The fourth-order valence-electron chi connectivity index (χ4n) is 2.64. The molecule has 120 valence electrons. The van der Waals surface area contributed by atoms with E-state index in [2.05, 4.69) is 10.0 Å². The van der Waals surface area contributed by atoms with Gasteiger partial charge in [-0.05, 0) is 24.3 Å². The first kappa shape index (κ1) is 16.7. The van der Waals surface area contributed by atoms with E-state index in [0.717, 1.165) is 0 Å². The number of nitrogens with one attached hydrogen (secondary N) is 2. The number of methoxy groups -OCH3 is 1. The third-order valence-corrected chi connectivity index (χ3v) is 6.67. The maximum Gasteiger partial charge on any atom is 0.253 e. The van der Waals surface area contributed by atoms with Crippen LogP contribution < -0.4 is 14.8 Å². The van der Waals surface area contributed by atoms with E-state index in [9.17, 15) is 8.42 Å². The molecule has 0 bridgehead atoms. The minimum absolute atomic E-state index is 0.250. The Morgan fingerprint density at radius 1 is 1.24 bits per heavy atom. The fraction of sp³-hybridized carbons (Fsp3) is 0.714. The zero-order valence-electron chi connectivity index (χ0n) is 12.4. The summed E-state index contributed by atoms with van der Waals surface area (Å²) < 4.78 is 32.3. The second-order valence-electron chi connectivity index (χ2n) is 5.32. The largest absolute Gasteiger partial charge is 0.494 e. The Morgan fingerprint density at radius 2 is 1.95 bits per heavy atom. The second kappa shape index (κ2) is 8.12. The smallest absolute Gasteiger partial charge is 0.253 e. The first-order valence-corrected chi connectivity index (χ1v) is 9.84. The fourth-order valence-corrected chi connectivity index (χ4v) is 4.99. The van der Waals surface area contributed by atoms with E-state index in [1.807, 2.05) is 0 Å². The maximum absolute atomic E-state index is 12.2. The van der Waals surface area contributed by atoms with Crippen molar-refractivity contribution < 1.29 is 13.2 Å². The molecule has 2 rings (SSSR count). The van der Waals surface area contributed by atoms with E-state index < -0.39 is 10.0 Å². The topological polar surface area (TPSA) is 67.4 Å². The average molecular weight is 332 g/mol. The predicted octanol–water partition coefficient (Wildman–Crippen LogP) is 2.35.